The SMILES string of the molecule is CCCC/C=C\CN1CCOCC1. The van der Waals surface area contributed by atoms with Crippen LogP contribution in [0, 0.1) is 0 Å². The largest absolute Gasteiger partial charge is 0.379 e. The molecule has 0 aromatic carbocycles. The summed E-state index contributed by atoms with van der Waals surface area (Å²) in [5, 5.41) is 0. The second kappa shape index (κ2) is 7.10. The molecule has 0 saturated carbocycles. The van der Waals surface area contributed by atoms with E-state index in [0.29, 0.717) is 0 Å². The molecule has 0 N–H and O–H groups in total. The zero-order valence-corrected chi connectivity index (χ0v) is 8.67. The fourth-order valence-corrected chi connectivity index (χ4v) is 1.45. The van der Waals surface area contributed by atoms with Crippen LogP contribution in [0.5, 0.6) is 0 Å². The Kier molecular flexibility index (Phi) is 5.87. The molecular formula is C11H21NO. The Morgan fingerprint density at radius 3 is 2.69 bits per heavy atom. The molecule has 0 bridgehead atoms. The molecule has 0 aromatic heterocycles. The molecule has 1 fully saturated rings. The third kappa shape index (κ3) is 5.06. The number of ether oxygens (including phenoxy) is 1. The molecule has 0 aliphatic carbocycles. The summed E-state index contributed by atoms with van der Waals surface area (Å²) in [4.78, 5) is 2.44. The van der Waals surface area contributed by atoms with Gasteiger partial charge in [-0.05, 0) is 6.42 Å². The molecule has 2 heteroatoms. The zero-order chi connectivity index (χ0) is 9.36. The third-order valence-electron chi connectivity index (χ3n) is 2.36. The molecule has 1 saturated heterocycles. The van der Waals surface area contributed by atoms with E-state index < -0.39 is 0 Å². The molecule has 1 aliphatic rings. The molecule has 1 aliphatic heterocycles. The Hall–Kier alpha value is -0.340. The highest BCUT2D eigenvalue weighted by Gasteiger charge is 2.07. The zero-order valence-electron chi connectivity index (χ0n) is 8.67. The summed E-state index contributed by atoms with van der Waals surface area (Å²) in [6, 6.07) is 0. The van der Waals surface area contributed by atoms with Gasteiger partial charge in [-0.25, -0.2) is 0 Å². The van der Waals surface area contributed by atoms with Crippen LogP contribution in [-0.2, 0) is 4.74 Å². The molecular weight excluding hydrogens is 162 g/mol. The number of nitrogens with zero attached hydrogens (tertiary/aromatic N) is 1. The van der Waals surface area contributed by atoms with Crippen molar-refractivity contribution in [1.29, 1.82) is 0 Å². The highest BCUT2D eigenvalue weighted by molar-refractivity contribution is 4.85. The molecule has 0 unspecified atom stereocenters. The number of rotatable bonds is 5. The minimum Gasteiger partial charge on any atom is -0.379 e. The van der Waals surface area contributed by atoms with E-state index >= 15 is 0 Å². The average Bonchev–Trinajstić information content (AvgIpc) is 2.19. The molecule has 2 nitrogen and oxygen atoms in total. The second-order valence-corrected chi connectivity index (χ2v) is 3.53. The molecule has 0 radical (unpaired) electrons. The van der Waals surface area contributed by atoms with Gasteiger partial charge in [0.25, 0.3) is 0 Å². The maximum atomic E-state index is 5.28. The van der Waals surface area contributed by atoms with Crippen LogP contribution in [0.15, 0.2) is 12.2 Å². The molecule has 0 amide bonds. The van der Waals surface area contributed by atoms with Crippen molar-refractivity contribution in [1.82, 2.24) is 4.90 Å². The maximum Gasteiger partial charge on any atom is 0.0594 e. The summed E-state index contributed by atoms with van der Waals surface area (Å²) in [7, 11) is 0. The van der Waals surface area contributed by atoms with Crippen molar-refractivity contribution in [2.45, 2.75) is 26.2 Å². The normalized spacial score (nSPS) is 19.8. The number of unbranched alkanes of at least 4 members (excludes halogenated alkanes) is 2. The Bertz CT molecular complexity index is 139. The third-order valence-corrected chi connectivity index (χ3v) is 2.36. The standard InChI is InChI=1S/C11H21NO/c1-2-3-4-5-6-7-12-8-10-13-11-9-12/h5-6H,2-4,7-11H2,1H3/b6-5-. The first kappa shape index (κ1) is 10.7. The van der Waals surface area contributed by atoms with Crippen LogP contribution in [-0.4, -0.2) is 37.7 Å². The van der Waals surface area contributed by atoms with E-state index in [9.17, 15) is 0 Å². The van der Waals surface area contributed by atoms with E-state index in [-0.39, 0.29) is 0 Å². The first-order chi connectivity index (χ1) is 6.43. The summed E-state index contributed by atoms with van der Waals surface area (Å²) in [5.41, 5.74) is 0. The van der Waals surface area contributed by atoms with Gasteiger partial charge in [-0.3, -0.25) is 4.90 Å². The van der Waals surface area contributed by atoms with E-state index in [1.807, 2.05) is 0 Å². The summed E-state index contributed by atoms with van der Waals surface area (Å²) in [6.07, 6.45) is 8.45. The van der Waals surface area contributed by atoms with Crippen LogP contribution in [0.1, 0.15) is 26.2 Å². The van der Waals surface area contributed by atoms with E-state index in [2.05, 4.69) is 24.0 Å². The molecule has 1 rings (SSSR count). The topological polar surface area (TPSA) is 12.5 Å². The van der Waals surface area contributed by atoms with Crippen molar-refractivity contribution in [2.75, 3.05) is 32.8 Å². The van der Waals surface area contributed by atoms with E-state index in [0.717, 1.165) is 32.8 Å². The summed E-state index contributed by atoms with van der Waals surface area (Å²) in [6.45, 7) is 7.34. The number of hydrogen-bond acceptors (Lipinski definition) is 2. The van der Waals surface area contributed by atoms with Crippen molar-refractivity contribution in [2.24, 2.45) is 0 Å². The van der Waals surface area contributed by atoms with Crippen molar-refractivity contribution in [3.63, 3.8) is 0 Å². The van der Waals surface area contributed by atoms with Crippen molar-refractivity contribution < 1.29 is 4.74 Å². The van der Waals surface area contributed by atoms with Gasteiger partial charge < -0.3 is 4.74 Å². The van der Waals surface area contributed by atoms with Crippen molar-refractivity contribution >= 4 is 0 Å². The molecule has 1 heterocycles. The molecule has 0 aromatic rings. The van der Waals surface area contributed by atoms with Gasteiger partial charge in [0.2, 0.25) is 0 Å². The fraction of sp³-hybridized carbons (Fsp3) is 0.818. The first-order valence-electron chi connectivity index (χ1n) is 5.38. The van der Waals surface area contributed by atoms with E-state index in [4.69, 9.17) is 4.74 Å². The van der Waals surface area contributed by atoms with Gasteiger partial charge in [-0.1, -0.05) is 31.9 Å². The summed E-state index contributed by atoms with van der Waals surface area (Å²) in [5.74, 6) is 0. The minimum atomic E-state index is 0.906. The van der Waals surface area contributed by atoms with Crippen LogP contribution >= 0.6 is 0 Å². The van der Waals surface area contributed by atoms with Crippen LogP contribution in [0.4, 0.5) is 0 Å². The van der Waals surface area contributed by atoms with Crippen LogP contribution in [0.3, 0.4) is 0 Å². The van der Waals surface area contributed by atoms with Crippen LogP contribution in [0.25, 0.3) is 0 Å². The first-order valence-corrected chi connectivity index (χ1v) is 5.38. The fourth-order valence-electron chi connectivity index (χ4n) is 1.45. The number of hydrogen-bond donors (Lipinski definition) is 0. The summed E-state index contributed by atoms with van der Waals surface area (Å²) < 4.78 is 5.28. The molecule has 0 spiro atoms. The second-order valence-electron chi connectivity index (χ2n) is 3.53. The predicted molar refractivity (Wildman–Crippen MR) is 55.9 cm³/mol. The lowest BCUT2D eigenvalue weighted by Gasteiger charge is -2.25. The van der Waals surface area contributed by atoms with Gasteiger partial charge in [0.15, 0.2) is 0 Å². The van der Waals surface area contributed by atoms with Crippen molar-refractivity contribution in [3.05, 3.63) is 12.2 Å². The Balaban J connectivity index is 2.00. The Labute approximate surface area is 81.6 Å². The van der Waals surface area contributed by atoms with Gasteiger partial charge in [-0.15, -0.1) is 0 Å². The highest BCUT2D eigenvalue weighted by atomic mass is 16.5. The number of morpholine rings is 1. The quantitative estimate of drug-likeness (QED) is 0.478. The van der Waals surface area contributed by atoms with Gasteiger partial charge in [-0.2, -0.15) is 0 Å². The molecule has 13 heavy (non-hydrogen) atoms. The van der Waals surface area contributed by atoms with Gasteiger partial charge in [0.1, 0.15) is 0 Å². The lowest BCUT2D eigenvalue weighted by atomic mass is 10.2. The lowest BCUT2D eigenvalue weighted by molar-refractivity contribution is 0.0434. The summed E-state index contributed by atoms with van der Waals surface area (Å²) >= 11 is 0. The smallest absolute Gasteiger partial charge is 0.0594 e. The van der Waals surface area contributed by atoms with Gasteiger partial charge in [0, 0.05) is 19.6 Å². The van der Waals surface area contributed by atoms with Crippen molar-refractivity contribution in [3.8, 4) is 0 Å². The minimum absolute atomic E-state index is 0.906. The highest BCUT2D eigenvalue weighted by Crippen LogP contribution is 1.98. The van der Waals surface area contributed by atoms with Crippen LogP contribution in [0.2, 0.25) is 0 Å². The lowest BCUT2D eigenvalue weighted by Crippen LogP contribution is -2.36. The van der Waals surface area contributed by atoms with Crippen LogP contribution < -0.4 is 0 Å². The molecule has 0 atom stereocenters. The monoisotopic (exact) mass is 183 g/mol. The predicted octanol–water partition coefficient (Wildman–Crippen LogP) is 2.06. The van der Waals surface area contributed by atoms with Gasteiger partial charge >= 0.3 is 0 Å². The maximum absolute atomic E-state index is 5.28. The average molecular weight is 183 g/mol. The Morgan fingerprint density at radius 2 is 2.00 bits per heavy atom. The molecule has 76 valence electrons. The van der Waals surface area contributed by atoms with Gasteiger partial charge in [0.05, 0.1) is 13.2 Å². The Morgan fingerprint density at radius 1 is 1.23 bits per heavy atom. The van der Waals surface area contributed by atoms with E-state index in [1.165, 1.54) is 19.3 Å². The number of allylic oxidation sites excluding steroid dienone is 1. The van der Waals surface area contributed by atoms with E-state index in [1.54, 1.807) is 0 Å².